The van der Waals surface area contributed by atoms with Crippen LogP contribution in [0.2, 0.25) is 0 Å². The number of aryl methyl sites for hydroxylation is 1. The second kappa shape index (κ2) is 6.52. The molecule has 0 aromatic carbocycles. The summed E-state index contributed by atoms with van der Waals surface area (Å²) in [5, 5.41) is 4.99. The SMILES string of the molecule is Cc1c(C(=O)N2CCC(OCCBr)CC2)cnn1C. The van der Waals surface area contributed by atoms with Crippen molar-refractivity contribution in [3.8, 4) is 0 Å². The lowest BCUT2D eigenvalue weighted by Crippen LogP contribution is -2.41. The molecule has 1 amide bonds. The van der Waals surface area contributed by atoms with Crippen molar-refractivity contribution in [1.29, 1.82) is 0 Å². The van der Waals surface area contributed by atoms with E-state index in [9.17, 15) is 4.79 Å². The van der Waals surface area contributed by atoms with Gasteiger partial charge in [0.05, 0.1) is 24.5 Å². The third-order valence-electron chi connectivity index (χ3n) is 3.63. The van der Waals surface area contributed by atoms with Crippen LogP contribution >= 0.6 is 15.9 Å². The Labute approximate surface area is 122 Å². The van der Waals surface area contributed by atoms with Crippen LogP contribution in [-0.4, -0.2) is 51.7 Å². The minimum absolute atomic E-state index is 0.0875. The molecule has 0 bridgehead atoms. The van der Waals surface area contributed by atoms with Crippen LogP contribution in [0.4, 0.5) is 0 Å². The van der Waals surface area contributed by atoms with Gasteiger partial charge in [-0.1, -0.05) is 15.9 Å². The predicted octanol–water partition coefficient (Wildman–Crippen LogP) is 1.74. The Morgan fingerprint density at radius 3 is 2.74 bits per heavy atom. The highest BCUT2D eigenvalue weighted by Crippen LogP contribution is 2.17. The van der Waals surface area contributed by atoms with E-state index in [-0.39, 0.29) is 12.0 Å². The summed E-state index contributed by atoms with van der Waals surface area (Å²) < 4.78 is 7.43. The zero-order chi connectivity index (χ0) is 13.8. The molecule has 0 atom stereocenters. The van der Waals surface area contributed by atoms with Crippen LogP contribution < -0.4 is 0 Å². The van der Waals surface area contributed by atoms with Crippen molar-refractivity contribution in [2.24, 2.45) is 7.05 Å². The molecule has 106 valence electrons. The maximum Gasteiger partial charge on any atom is 0.257 e. The van der Waals surface area contributed by atoms with E-state index >= 15 is 0 Å². The van der Waals surface area contributed by atoms with Gasteiger partial charge in [-0.25, -0.2) is 0 Å². The first-order valence-corrected chi connectivity index (χ1v) is 7.71. The first kappa shape index (κ1) is 14.5. The van der Waals surface area contributed by atoms with E-state index in [2.05, 4.69) is 21.0 Å². The van der Waals surface area contributed by atoms with Crippen LogP contribution in [0.15, 0.2) is 6.20 Å². The maximum atomic E-state index is 12.4. The summed E-state index contributed by atoms with van der Waals surface area (Å²) in [5.74, 6) is 0.0875. The molecule has 1 aliphatic rings. The van der Waals surface area contributed by atoms with Crippen LogP contribution in [0.3, 0.4) is 0 Å². The number of nitrogens with zero attached hydrogens (tertiary/aromatic N) is 3. The zero-order valence-corrected chi connectivity index (χ0v) is 13.0. The second-order valence-electron chi connectivity index (χ2n) is 4.82. The number of rotatable bonds is 4. The monoisotopic (exact) mass is 329 g/mol. The van der Waals surface area contributed by atoms with Crippen molar-refractivity contribution < 1.29 is 9.53 Å². The maximum absolute atomic E-state index is 12.4. The minimum atomic E-state index is 0.0875. The van der Waals surface area contributed by atoms with E-state index in [0.29, 0.717) is 5.56 Å². The van der Waals surface area contributed by atoms with E-state index in [0.717, 1.165) is 43.6 Å². The number of alkyl halides is 1. The molecule has 1 fully saturated rings. The van der Waals surface area contributed by atoms with Crippen LogP contribution in [0, 0.1) is 6.92 Å². The van der Waals surface area contributed by atoms with Crippen molar-refractivity contribution in [3.63, 3.8) is 0 Å². The third-order valence-corrected chi connectivity index (χ3v) is 3.95. The number of amides is 1. The summed E-state index contributed by atoms with van der Waals surface area (Å²) >= 11 is 3.35. The first-order chi connectivity index (χ1) is 9.13. The Kier molecular flexibility index (Phi) is 4.99. The molecule has 0 saturated carbocycles. The van der Waals surface area contributed by atoms with Gasteiger partial charge in [-0.2, -0.15) is 5.10 Å². The van der Waals surface area contributed by atoms with Crippen LogP contribution in [0.5, 0.6) is 0 Å². The quantitative estimate of drug-likeness (QED) is 0.790. The summed E-state index contributed by atoms with van der Waals surface area (Å²) in [4.78, 5) is 14.3. The molecule has 1 aliphatic heterocycles. The standard InChI is InChI=1S/C13H20BrN3O2/c1-10-12(9-15-16(10)2)13(18)17-6-3-11(4-7-17)19-8-5-14/h9,11H,3-8H2,1-2H3. The fourth-order valence-electron chi connectivity index (χ4n) is 2.32. The van der Waals surface area contributed by atoms with Gasteiger partial charge < -0.3 is 9.64 Å². The second-order valence-corrected chi connectivity index (χ2v) is 5.61. The Morgan fingerprint density at radius 2 is 2.21 bits per heavy atom. The number of ether oxygens (including phenoxy) is 1. The first-order valence-electron chi connectivity index (χ1n) is 6.59. The topological polar surface area (TPSA) is 47.4 Å². The number of carbonyl (C=O) groups excluding carboxylic acids is 1. The van der Waals surface area contributed by atoms with Crippen molar-refractivity contribution >= 4 is 21.8 Å². The molecular weight excluding hydrogens is 310 g/mol. The number of hydrogen-bond donors (Lipinski definition) is 0. The molecule has 0 spiro atoms. The van der Waals surface area contributed by atoms with E-state index < -0.39 is 0 Å². The van der Waals surface area contributed by atoms with Gasteiger partial charge in [-0.05, 0) is 19.8 Å². The highest BCUT2D eigenvalue weighted by atomic mass is 79.9. The molecule has 19 heavy (non-hydrogen) atoms. The molecule has 1 aromatic rings. The summed E-state index contributed by atoms with van der Waals surface area (Å²) in [7, 11) is 1.85. The van der Waals surface area contributed by atoms with Gasteiger partial charge in [0.25, 0.3) is 5.91 Å². The normalized spacial score (nSPS) is 16.9. The van der Waals surface area contributed by atoms with E-state index in [4.69, 9.17) is 4.74 Å². The lowest BCUT2D eigenvalue weighted by molar-refractivity contribution is 0.0160. The van der Waals surface area contributed by atoms with Crippen LogP contribution in [0.1, 0.15) is 28.9 Å². The zero-order valence-electron chi connectivity index (χ0n) is 11.4. The average molecular weight is 330 g/mol. The molecule has 0 aliphatic carbocycles. The summed E-state index contributed by atoms with van der Waals surface area (Å²) in [5.41, 5.74) is 1.63. The lowest BCUT2D eigenvalue weighted by atomic mass is 10.1. The van der Waals surface area contributed by atoms with Gasteiger partial charge in [-0.15, -0.1) is 0 Å². The summed E-state index contributed by atoms with van der Waals surface area (Å²) in [6.45, 7) is 4.19. The Balaban J connectivity index is 1.91. The van der Waals surface area contributed by atoms with E-state index in [1.165, 1.54) is 0 Å². The number of hydrogen-bond acceptors (Lipinski definition) is 3. The smallest absolute Gasteiger partial charge is 0.257 e. The molecule has 6 heteroatoms. The highest BCUT2D eigenvalue weighted by Gasteiger charge is 2.25. The highest BCUT2D eigenvalue weighted by molar-refractivity contribution is 9.09. The van der Waals surface area contributed by atoms with E-state index in [1.807, 2.05) is 18.9 Å². The molecule has 1 aromatic heterocycles. The van der Waals surface area contributed by atoms with Gasteiger partial charge >= 0.3 is 0 Å². The predicted molar refractivity (Wildman–Crippen MR) is 76.6 cm³/mol. The van der Waals surface area contributed by atoms with E-state index in [1.54, 1.807) is 10.9 Å². The molecule has 2 rings (SSSR count). The average Bonchev–Trinajstić information content (AvgIpc) is 2.76. The van der Waals surface area contributed by atoms with Crippen molar-refractivity contribution in [1.82, 2.24) is 14.7 Å². The van der Waals surface area contributed by atoms with Gasteiger partial charge in [0.2, 0.25) is 0 Å². The molecule has 0 N–H and O–H groups in total. The summed E-state index contributed by atoms with van der Waals surface area (Å²) in [6, 6.07) is 0. The van der Waals surface area contributed by atoms with Crippen LogP contribution in [0.25, 0.3) is 0 Å². The van der Waals surface area contributed by atoms with Gasteiger partial charge in [-0.3, -0.25) is 9.48 Å². The summed E-state index contributed by atoms with van der Waals surface area (Å²) in [6.07, 6.45) is 3.78. The lowest BCUT2D eigenvalue weighted by Gasteiger charge is -2.31. The van der Waals surface area contributed by atoms with Gasteiger partial charge in [0.15, 0.2) is 0 Å². The molecule has 5 nitrogen and oxygen atoms in total. The molecule has 0 radical (unpaired) electrons. The molecular formula is C13H20BrN3O2. The van der Waals surface area contributed by atoms with Crippen molar-refractivity contribution in [2.75, 3.05) is 25.0 Å². The third kappa shape index (κ3) is 3.36. The largest absolute Gasteiger partial charge is 0.377 e. The minimum Gasteiger partial charge on any atom is -0.377 e. The fraction of sp³-hybridized carbons (Fsp3) is 0.692. The van der Waals surface area contributed by atoms with Crippen molar-refractivity contribution in [3.05, 3.63) is 17.5 Å². The Hall–Kier alpha value is -0.880. The van der Waals surface area contributed by atoms with Crippen molar-refractivity contribution in [2.45, 2.75) is 25.9 Å². The van der Waals surface area contributed by atoms with Gasteiger partial charge in [0.1, 0.15) is 0 Å². The fourth-order valence-corrected chi connectivity index (χ4v) is 2.50. The number of aromatic nitrogens is 2. The molecule has 2 heterocycles. The molecule has 0 unspecified atom stereocenters. The molecule has 1 saturated heterocycles. The number of carbonyl (C=O) groups is 1. The number of piperidine rings is 1. The van der Waals surface area contributed by atoms with Gasteiger partial charge in [0, 0.05) is 31.2 Å². The number of likely N-dealkylation sites (tertiary alicyclic amines) is 1. The Bertz CT molecular complexity index is 439. The Morgan fingerprint density at radius 1 is 1.53 bits per heavy atom. The number of halogens is 1. The van der Waals surface area contributed by atoms with Crippen LogP contribution in [-0.2, 0) is 11.8 Å².